The molecule has 0 spiro atoms. The first kappa shape index (κ1) is 37.3. The van der Waals surface area contributed by atoms with Crippen LogP contribution in [0, 0.1) is 5.92 Å². The summed E-state index contributed by atoms with van der Waals surface area (Å²) in [6, 6.07) is 0. The van der Waals surface area contributed by atoms with E-state index in [-0.39, 0.29) is 0 Å². The Bertz CT molecular complexity index is 54.9. The van der Waals surface area contributed by atoms with Crippen molar-refractivity contribution >= 4 is 0 Å². The normalized spacial score (nSPS) is 10.1. The lowest BCUT2D eigenvalue weighted by molar-refractivity contribution is 0.307. The van der Waals surface area contributed by atoms with Gasteiger partial charge in [0, 0.05) is 0 Å². The molecule has 0 saturated heterocycles. The average Bonchev–Trinajstić information content (AvgIpc) is 2.47. The quantitative estimate of drug-likeness (QED) is 0.452. The SMILES string of the molecule is CC.CC.CC.CCC.CCC.CCC.CCC1CCC1. The maximum atomic E-state index is 2.28. The predicted molar refractivity (Wildman–Crippen MR) is 110 cm³/mol. The summed E-state index contributed by atoms with van der Waals surface area (Å²) in [6.45, 7) is 27.0. The largest absolute Gasteiger partial charge is 0.0683 e. The second-order valence-electron chi connectivity index (χ2n) is 4.33. The fourth-order valence-electron chi connectivity index (χ4n) is 0.901. The van der Waals surface area contributed by atoms with Gasteiger partial charge in [0.15, 0.2) is 0 Å². The van der Waals surface area contributed by atoms with Crippen molar-refractivity contribution in [1.82, 2.24) is 0 Å². The van der Waals surface area contributed by atoms with Crippen LogP contribution in [-0.2, 0) is 0 Å². The highest BCUT2D eigenvalue weighted by Crippen LogP contribution is 2.28. The van der Waals surface area contributed by atoms with Crippen molar-refractivity contribution in [2.24, 2.45) is 5.92 Å². The summed E-state index contributed by atoms with van der Waals surface area (Å²) in [7, 11) is 0. The zero-order valence-corrected chi connectivity index (χ0v) is 18.5. The molecule has 0 aromatic rings. The van der Waals surface area contributed by atoms with Gasteiger partial charge in [-0.3, -0.25) is 0 Å². The van der Waals surface area contributed by atoms with Gasteiger partial charge >= 0.3 is 0 Å². The van der Waals surface area contributed by atoms with Crippen molar-refractivity contribution in [2.75, 3.05) is 0 Å². The molecule has 21 heavy (non-hydrogen) atoms. The molecule has 1 fully saturated rings. The zero-order valence-electron chi connectivity index (χ0n) is 18.5. The molecule has 1 aliphatic rings. The highest BCUT2D eigenvalue weighted by molar-refractivity contribution is 4.66. The summed E-state index contributed by atoms with van der Waals surface area (Å²) in [5.41, 5.74) is 0. The molecule has 0 heterocycles. The molecule has 0 aliphatic heterocycles. The molecule has 0 radical (unpaired) electrons. The number of hydrogen-bond donors (Lipinski definition) is 0. The van der Waals surface area contributed by atoms with Crippen LogP contribution in [0.15, 0.2) is 0 Å². The van der Waals surface area contributed by atoms with Crippen LogP contribution in [0.25, 0.3) is 0 Å². The summed E-state index contributed by atoms with van der Waals surface area (Å²) >= 11 is 0. The summed E-state index contributed by atoms with van der Waals surface area (Å²) in [5.74, 6) is 1.12. The third-order valence-electron chi connectivity index (χ3n) is 1.80. The Balaban J connectivity index is -0.0000000334. The molecule has 0 aromatic carbocycles. The van der Waals surface area contributed by atoms with Crippen LogP contribution in [0.2, 0.25) is 0 Å². The van der Waals surface area contributed by atoms with Crippen LogP contribution < -0.4 is 0 Å². The van der Waals surface area contributed by atoms with Gasteiger partial charge in [-0.25, -0.2) is 0 Å². The van der Waals surface area contributed by atoms with Crippen molar-refractivity contribution in [2.45, 2.75) is 135 Å². The Morgan fingerprint density at radius 3 is 0.714 bits per heavy atom. The van der Waals surface area contributed by atoms with Crippen molar-refractivity contribution < 1.29 is 0 Å². The van der Waals surface area contributed by atoms with Gasteiger partial charge in [0.05, 0.1) is 0 Å². The molecule has 0 atom stereocenters. The summed E-state index contributed by atoms with van der Waals surface area (Å²) in [5, 5.41) is 0. The Morgan fingerprint density at radius 2 is 0.714 bits per heavy atom. The van der Waals surface area contributed by atoms with Crippen LogP contribution in [0.1, 0.15) is 135 Å². The molecule has 0 bridgehead atoms. The van der Waals surface area contributed by atoms with E-state index in [1.807, 2.05) is 41.5 Å². The molecule has 138 valence electrons. The molecule has 0 nitrogen and oxygen atoms in total. The van der Waals surface area contributed by atoms with E-state index in [9.17, 15) is 0 Å². The van der Waals surface area contributed by atoms with Crippen molar-refractivity contribution in [1.29, 1.82) is 0 Å². The van der Waals surface area contributed by atoms with E-state index in [1.54, 1.807) is 0 Å². The molecule has 1 aliphatic carbocycles. The van der Waals surface area contributed by atoms with E-state index in [1.165, 1.54) is 44.9 Å². The lowest BCUT2D eigenvalue weighted by Gasteiger charge is -2.22. The molecular weight excluding hydrogens is 252 g/mol. The monoisotopic (exact) mass is 306 g/mol. The molecule has 1 rings (SSSR count). The van der Waals surface area contributed by atoms with E-state index in [0.717, 1.165) is 5.92 Å². The number of hydrogen-bond acceptors (Lipinski definition) is 0. The second kappa shape index (κ2) is 72.2. The molecule has 0 amide bonds. The van der Waals surface area contributed by atoms with Gasteiger partial charge in [-0.2, -0.15) is 0 Å². The minimum atomic E-state index is 1.12. The first-order valence-corrected chi connectivity index (χ1v) is 10.2. The van der Waals surface area contributed by atoms with E-state index in [2.05, 4.69) is 48.5 Å². The summed E-state index contributed by atoms with van der Waals surface area (Å²) in [4.78, 5) is 0. The van der Waals surface area contributed by atoms with Gasteiger partial charge < -0.3 is 0 Å². The molecule has 1 saturated carbocycles. The summed E-state index contributed by atoms with van der Waals surface area (Å²) in [6.07, 6.45) is 9.69. The molecule has 0 heteroatoms. The fourth-order valence-corrected chi connectivity index (χ4v) is 0.901. The lowest BCUT2D eigenvalue weighted by atomic mass is 9.84. The Morgan fingerprint density at radius 1 is 0.524 bits per heavy atom. The van der Waals surface area contributed by atoms with Crippen LogP contribution in [0.4, 0.5) is 0 Å². The smallest absolute Gasteiger partial charge is 0.0417 e. The maximum absolute atomic E-state index is 2.28. The predicted octanol–water partition coefficient (Wildman–Crippen LogP) is 9.52. The molecule has 0 N–H and O–H groups in total. The van der Waals surface area contributed by atoms with Gasteiger partial charge in [0.2, 0.25) is 0 Å². The zero-order chi connectivity index (χ0) is 18.5. The van der Waals surface area contributed by atoms with E-state index >= 15 is 0 Å². The standard InChI is InChI=1S/C6H12.3C3H8.3C2H6/c1-2-6-4-3-5-6;3*1-3-2;3*1-2/h6H,2-5H2,1H3;3*3H2,1-2H3;3*1-2H3. The minimum absolute atomic E-state index is 1.12. The van der Waals surface area contributed by atoms with Crippen LogP contribution in [0.3, 0.4) is 0 Å². The molecule has 0 aromatic heterocycles. The van der Waals surface area contributed by atoms with E-state index < -0.39 is 0 Å². The van der Waals surface area contributed by atoms with Crippen molar-refractivity contribution in [3.05, 3.63) is 0 Å². The first-order valence-electron chi connectivity index (χ1n) is 10.2. The van der Waals surface area contributed by atoms with E-state index in [0.29, 0.717) is 0 Å². The van der Waals surface area contributed by atoms with Gasteiger partial charge in [-0.1, -0.05) is 135 Å². The van der Waals surface area contributed by atoms with Gasteiger partial charge in [-0.15, -0.1) is 0 Å². The van der Waals surface area contributed by atoms with Crippen LogP contribution >= 0.6 is 0 Å². The van der Waals surface area contributed by atoms with Crippen LogP contribution in [-0.4, -0.2) is 0 Å². The molecule has 0 unspecified atom stereocenters. The summed E-state index contributed by atoms with van der Waals surface area (Å²) < 4.78 is 0. The van der Waals surface area contributed by atoms with Crippen LogP contribution in [0.5, 0.6) is 0 Å². The molecular formula is C21H54. The maximum Gasteiger partial charge on any atom is -0.0417 e. The number of rotatable bonds is 1. The third-order valence-corrected chi connectivity index (χ3v) is 1.80. The van der Waals surface area contributed by atoms with Gasteiger partial charge in [0.1, 0.15) is 0 Å². The highest BCUT2D eigenvalue weighted by atomic mass is 14.2. The fraction of sp³-hybridized carbons (Fsp3) is 1.00. The Kier molecular flexibility index (Phi) is 128. The lowest BCUT2D eigenvalue weighted by Crippen LogP contribution is -2.08. The average molecular weight is 307 g/mol. The Labute approximate surface area is 141 Å². The van der Waals surface area contributed by atoms with Crippen molar-refractivity contribution in [3.8, 4) is 0 Å². The van der Waals surface area contributed by atoms with Gasteiger partial charge in [-0.05, 0) is 5.92 Å². The van der Waals surface area contributed by atoms with Crippen molar-refractivity contribution in [3.63, 3.8) is 0 Å². The van der Waals surface area contributed by atoms with Gasteiger partial charge in [0.25, 0.3) is 0 Å². The first-order chi connectivity index (χ1) is 10.2. The minimum Gasteiger partial charge on any atom is -0.0683 e. The topological polar surface area (TPSA) is 0 Å². The Hall–Kier alpha value is 0. The highest BCUT2D eigenvalue weighted by Gasteiger charge is 2.13. The second-order valence-corrected chi connectivity index (χ2v) is 4.33. The third kappa shape index (κ3) is 101. The van der Waals surface area contributed by atoms with E-state index in [4.69, 9.17) is 0 Å².